The van der Waals surface area contributed by atoms with Crippen LogP contribution in [0.4, 0.5) is 0 Å². The molecular weight excluding hydrogens is 321 g/mol. The Morgan fingerprint density at radius 2 is 1.95 bits per heavy atom. The van der Waals surface area contributed by atoms with Crippen LogP contribution in [0.2, 0.25) is 10.2 Å². The molecule has 0 saturated carbocycles. The Hall–Kier alpha value is -1.14. The van der Waals surface area contributed by atoms with Crippen molar-refractivity contribution in [1.29, 1.82) is 0 Å². The van der Waals surface area contributed by atoms with E-state index in [1.165, 1.54) is 12.3 Å². The summed E-state index contributed by atoms with van der Waals surface area (Å²) in [5, 5.41) is 0.644. The molecule has 0 amide bonds. The molecule has 0 unspecified atom stereocenters. The Balaban J connectivity index is 2.62. The third kappa shape index (κ3) is 3.30. The van der Waals surface area contributed by atoms with Crippen LogP contribution >= 0.6 is 23.2 Å². The van der Waals surface area contributed by atoms with Gasteiger partial charge in [0.15, 0.2) is 0 Å². The van der Waals surface area contributed by atoms with E-state index in [2.05, 4.69) is 4.98 Å². The molecule has 0 aliphatic heterocycles. The molecule has 0 N–H and O–H groups in total. The smallest absolute Gasteiger partial charge is 0.267 e. The van der Waals surface area contributed by atoms with Crippen molar-refractivity contribution >= 4 is 33.3 Å². The van der Waals surface area contributed by atoms with E-state index in [1.54, 1.807) is 31.2 Å². The van der Waals surface area contributed by atoms with Gasteiger partial charge in [0.25, 0.3) is 10.1 Å². The van der Waals surface area contributed by atoms with E-state index in [0.29, 0.717) is 21.3 Å². The summed E-state index contributed by atoms with van der Waals surface area (Å²) in [7, 11) is -3.87. The number of aromatic nitrogens is 1. The third-order valence-corrected chi connectivity index (χ3v) is 4.41. The molecule has 0 fully saturated rings. The first kappa shape index (κ1) is 15.3. The van der Waals surface area contributed by atoms with Crippen LogP contribution in [0.3, 0.4) is 0 Å². The zero-order chi connectivity index (χ0) is 14.8. The fourth-order valence-corrected chi connectivity index (χ4v) is 3.21. The van der Waals surface area contributed by atoms with Crippen LogP contribution in [0.15, 0.2) is 41.4 Å². The van der Waals surface area contributed by atoms with Crippen LogP contribution in [-0.2, 0) is 14.3 Å². The van der Waals surface area contributed by atoms with Crippen LogP contribution in [0.5, 0.6) is 0 Å². The SMILES string of the molecule is CCOS(=O)(=O)c1cc(Cl)ccc1-c1ccc(Cl)nc1. The minimum atomic E-state index is -3.87. The van der Waals surface area contributed by atoms with Gasteiger partial charge in [-0.05, 0) is 31.2 Å². The summed E-state index contributed by atoms with van der Waals surface area (Å²) in [4.78, 5) is 3.95. The van der Waals surface area contributed by atoms with Gasteiger partial charge in [-0.2, -0.15) is 8.42 Å². The molecule has 2 aromatic rings. The van der Waals surface area contributed by atoms with Gasteiger partial charge in [0, 0.05) is 22.3 Å². The Bertz CT molecular complexity index is 715. The third-order valence-electron chi connectivity index (χ3n) is 2.52. The van der Waals surface area contributed by atoms with Gasteiger partial charge in [0.1, 0.15) is 10.0 Å². The van der Waals surface area contributed by atoms with Crippen molar-refractivity contribution < 1.29 is 12.6 Å². The molecule has 1 heterocycles. The van der Waals surface area contributed by atoms with Gasteiger partial charge in [-0.3, -0.25) is 4.18 Å². The Kier molecular flexibility index (Phi) is 4.65. The number of halogens is 2. The summed E-state index contributed by atoms with van der Waals surface area (Å²) in [6, 6.07) is 7.85. The average molecular weight is 332 g/mol. The molecule has 0 atom stereocenters. The van der Waals surface area contributed by atoms with E-state index in [1.807, 2.05) is 0 Å². The summed E-state index contributed by atoms with van der Waals surface area (Å²) in [6.07, 6.45) is 1.50. The summed E-state index contributed by atoms with van der Waals surface area (Å²) < 4.78 is 29.1. The molecule has 1 aromatic heterocycles. The van der Waals surface area contributed by atoms with Crippen molar-refractivity contribution in [3.05, 3.63) is 46.7 Å². The van der Waals surface area contributed by atoms with Crippen molar-refractivity contribution in [2.45, 2.75) is 11.8 Å². The molecule has 106 valence electrons. The maximum Gasteiger partial charge on any atom is 0.297 e. The normalized spacial score (nSPS) is 11.6. The highest BCUT2D eigenvalue weighted by atomic mass is 35.5. The second-order valence-electron chi connectivity index (χ2n) is 3.87. The van der Waals surface area contributed by atoms with Gasteiger partial charge >= 0.3 is 0 Å². The van der Waals surface area contributed by atoms with Gasteiger partial charge in [-0.1, -0.05) is 29.3 Å². The highest BCUT2D eigenvalue weighted by Gasteiger charge is 2.20. The average Bonchev–Trinajstić information content (AvgIpc) is 2.40. The molecule has 0 bridgehead atoms. The monoisotopic (exact) mass is 331 g/mol. The van der Waals surface area contributed by atoms with Gasteiger partial charge in [0.2, 0.25) is 0 Å². The van der Waals surface area contributed by atoms with Gasteiger partial charge in [-0.15, -0.1) is 0 Å². The number of nitrogens with zero attached hydrogens (tertiary/aromatic N) is 1. The zero-order valence-corrected chi connectivity index (χ0v) is 12.8. The predicted octanol–water partition coefficient (Wildman–Crippen LogP) is 3.78. The predicted molar refractivity (Wildman–Crippen MR) is 78.5 cm³/mol. The van der Waals surface area contributed by atoms with Gasteiger partial charge in [-0.25, -0.2) is 4.98 Å². The summed E-state index contributed by atoms with van der Waals surface area (Å²) in [6.45, 7) is 1.65. The number of hydrogen-bond donors (Lipinski definition) is 0. The van der Waals surface area contributed by atoms with Crippen molar-refractivity contribution in [3.8, 4) is 11.1 Å². The van der Waals surface area contributed by atoms with E-state index >= 15 is 0 Å². The fraction of sp³-hybridized carbons (Fsp3) is 0.154. The minimum absolute atomic E-state index is 0.0102. The molecule has 0 radical (unpaired) electrons. The molecule has 0 spiro atoms. The van der Waals surface area contributed by atoms with E-state index in [0.717, 1.165) is 0 Å². The van der Waals surface area contributed by atoms with E-state index in [9.17, 15) is 8.42 Å². The number of benzene rings is 1. The second kappa shape index (κ2) is 6.10. The lowest BCUT2D eigenvalue weighted by atomic mass is 10.1. The van der Waals surface area contributed by atoms with Crippen LogP contribution in [0.1, 0.15) is 6.92 Å². The topological polar surface area (TPSA) is 56.3 Å². The Morgan fingerprint density at radius 1 is 1.20 bits per heavy atom. The van der Waals surface area contributed by atoms with E-state index in [4.69, 9.17) is 27.4 Å². The lowest BCUT2D eigenvalue weighted by molar-refractivity contribution is 0.338. The van der Waals surface area contributed by atoms with Gasteiger partial charge in [0.05, 0.1) is 6.61 Å². The molecular formula is C13H11Cl2NO3S. The molecule has 4 nitrogen and oxygen atoms in total. The molecule has 0 saturated heterocycles. The lowest BCUT2D eigenvalue weighted by Gasteiger charge is -2.10. The number of hydrogen-bond acceptors (Lipinski definition) is 4. The van der Waals surface area contributed by atoms with E-state index < -0.39 is 10.1 Å². The van der Waals surface area contributed by atoms with E-state index in [-0.39, 0.29) is 11.5 Å². The van der Waals surface area contributed by atoms with Crippen LogP contribution in [0.25, 0.3) is 11.1 Å². The molecule has 20 heavy (non-hydrogen) atoms. The molecule has 1 aromatic carbocycles. The lowest BCUT2D eigenvalue weighted by Crippen LogP contribution is -2.07. The molecule has 0 aliphatic rings. The van der Waals surface area contributed by atoms with Crippen molar-refractivity contribution in [3.63, 3.8) is 0 Å². The number of rotatable bonds is 4. The standard InChI is InChI=1S/C13H11Cl2NO3S/c1-2-19-20(17,18)12-7-10(14)4-5-11(12)9-3-6-13(15)16-8-9/h3-8H,2H2,1H3. The fourth-order valence-electron chi connectivity index (χ4n) is 1.70. The first-order chi connectivity index (χ1) is 9.44. The van der Waals surface area contributed by atoms with Crippen LogP contribution in [-0.4, -0.2) is 20.0 Å². The molecule has 7 heteroatoms. The maximum absolute atomic E-state index is 12.1. The highest BCUT2D eigenvalue weighted by Crippen LogP contribution is 2.31. The first-order valence-corrected chi connectivity index (χ1v) is 7.91. The number of pyridine rings is 1. The summed E-state index contributed by atoms with van der Waals surface area (Å²) in [5.74, 6) is 0. The maximum atomic E-state index is 12.1. The first-order valence-electron chi connectivity index (χ1n) is 5.75. The largest absolute Gasteiger partial charge is 0.297 e. The Labute approximate surface area is 127 Å². The van der Waals surface area contributed by atoms with Gasteiger partial charge < -0.3 is 0 Å². The van der Waals surface area contributed by atoms with Crippen molar-refractivity contribution in [2.75, 3.05) is 6.61 Å². The van der Waals surface area contributed by atoms with Crippen molar-refractivity contribution in [1.82, 2.24) is 4.98 Å². The molecule has 2 rings (SSSR count). The zero-order valence-electron chi connectivity index (χ0n) is 10.5. The quantitative estimate of drug-likeness (QED) is 0.631. The highest BCUT2D eigenvalue weighted by molar-refractivity contribution is 7.87. The van der Waals surface area contributed by atoms with Crippen molar-refractivity contribution in [2.24, 2.45) is 0 Å². The summed E-state index contributed by atoms with van der Waals surface area (Å²) >= 11 is 11.6. The second-order valence-corrected chi connectivity index (χ2v) is 6.28. The van der Waals surface area contributed by atoms with Crippen LogP contribution in [0, 0.1) is 0 Å². The molecule has 0 aliphatic carbocycles. The van der Waals surface area contributed by atoms with Crippen LogP contribution < -0.4 is 0 Å². The summed E-state index contributed by atoms with van der Waals surface area (Å²) in [5.41, 5.74) is 1.08. The minimum Gasteiger partial charge on any atom is -0.267 e. The Morgan fingerprint density at radius 3 is 2.55 bits per heavy atom.